The van der Waals surface area contributed by atoms with Crippen molar-refractivity contribution in [3.63, 3.8) is 0 Å². The first-order chi connectivity index (χ1) is 12.1. The van der Waals surface area contributed by atoms with E-state index >= 15 is 0 Å². The van der Waals surface area contributed by atoms with Gasteiger partial charge in [-0.05, 0) is 30.3 Å². The molecule has 1 aliphatic rings. The summed E-state index contributed by atoms with van der Waals surface area (Å²) in [5.41, 5.74) is 2.73. The zero-order valence-electron chi connectivity index (χ0n) is 14.4. The Labute approximate surface area is 148 Å². The van der Waals surface area contributed by atoms with Gasteiger partial charge in [-0.2, -0.15) is 0 Å². The minimum absolute atomic E-state index is 0.0256. The minimum atomic E-state index is -0.220. The van der Waals surface area contributed by atoms with E-state index in [1.807, 2.05) is 49.5 Å². The Kier molecular flexibility index (Phi) is 5.46. The second-order valence-electron chi connectivity index (χ2n) is 6.31. The van der Waals surface area contributed by atoms with Crippen LogP contribution in [0.2, 0.25) is 0 Å². The molecule has 1 heterocycles. The molecule has 1 aliphatic heterocycles. The molecule has 3 rings (SSSR count). The van der Waals surface area contributed by atoms with E-state index in [2.05, 4.69) is 10.2 Å². The molecule has 1 fully saturated rings. The van der Waals surface area contributed by atoms with E-state index in [1.54, 1.807) is 17.0 Å². The minimum Gasteiger partial charge on any atom is -0.343 e. The van der Waals surface area contributed by atoms with Crippen molar-refractivity contribution >= 4 is 11.8 Å². The van der Waals surface area contributed by atoms with Crippen molar-refractivity contribution in [2.24, 2.45) is 0 Å². The van der Waals surface area contributed by atoms with Crippen molar-refractivity contribution in [2.45, 2.75) is 0 Å². The van der Waals surface area contributed by atoms with Crippen molar-refractivity contribution in [1.29, 1.82) is 0 Å². The highest BCUT2D eigenvalue weighted by Gasteiger charge is 2.19. The van der Waals surface area contributed by atoms with Crippen LogP contribution < -0.4 is 5.32 Å². The molecule has 130 valence electrons. The standard InChI is InChI=1S/C20H23N3O2/c1-22-11-13-23(14-12-22)19(24)15-21-20(25)18-9-7-17(8-10-18)16-5-3-2-4-6-16/h2-10H,11-15H2,1H3,(H,21,25). The van der Waals surface area contributed by atoms with Crippen LogP contribution in [0.4, 0.5) is 0 Å². The molecule has 0 atom stereocenters. The van der Waals surface area contributed by atoms with Crippen LogP contribution in [0, 0.1) is 0 Å². The van der Waals surface area contributed by atoms with Crippen LogP contribution in [0.5, 0.6) is 0 Å². The molecule has 0 aromatic heterocycles. The van der Waals surface area contributed by atoms with Gasteiger partial charge in [0.25, 0.3) is 5.91 Å². The summed E-state index contributed by atoms with van der Waals surface area (Å²) in [6, 6.07) is 17.4. The average Bonchev–Trinajstić information content (AvgIpc) is 2.67. The monoisotopic (exact) mass is 337 g/mol. The molecule has 2 aromatic carbocycles. The third kappa shape index (κ3) is 4.45. The quantitative estimate of drug-likeness (QED) is 0.926. The average molecular weight is 337 g/mol. The smallest absolute Gasteiger partial charge is 0.251 e. The number of hydrogen-bond acceptors (Lipinski definition) is 3. The van der Waals surface area contributed by atoms with Gasteiger partial charge in [0.15, 0.2) is 0 Å². The van der Waals surface area contributed by atoms with Gasteiger partial charge < -0.3 is 15.1 Å². The van der Waals surface area contributed by atoms with Gasteiger partial charge in [0, 0.05) is 31.7 Å². The Morgan fingerprint density at radius 3 is 2.12 bits per heavy atom. The highest BCUT2D eigenvalue weighted by Crippen LogP contribution is 2.19. The SMILES string of the molecule is CN1CCN(C(=O)CNC(=O)c2ccc(-c3ccccc3)cc2)CC1. The van der Waals surface area contributed by atoms with E-state index in [4.69, 9.17) is 0 Å². The Morgan fingerprint density at radius 2 is 1.48 bits per heavy atom. The summed E-state index contributed by atoms with van der Waals surface area (Å²) < 4.78 is 0. The summed E-state index contributed by atoms with van der Waals surface area (Å²) in [5, 5.41) is 2.72. The lowest BCUT2D eigenvalue weighted by atomic mass is 10.0. The van der Waals surface area contributed by atoms with Gasteiger partial charge in [-0.25, -0.2) is 0 Å². The van der Waals surface area contributed by atoms with Gasteiger partial charge in [0.05, 0.1) is 6.54 Å². The molecule has 2 amide bonds. The Hall–Kier alpha value is -2.66. The molecule has 0 saturated carbocycles. The van der Waals surface area contributed by atoms with Gasteiger partial charge in [0.2, 0.25) is 5.91 Å². The number of likely N-dealkylation sites (N-methyl/N-ethyl adjacent to an activating group) is 1. The molecule has 0 radical (unpaired) electrons. The zero-order chi connectivity index (χ0) is 17.6. The van der Waals surface area contributed by atoms with Crippen molar-refractivity contribution in [3.8, 4) is 11.1 Å². The largest absolute Gasteiger partial charge is 0.343 e. The van der Waals surface area contributed by atoms with Gasteiger partial charge in [-0.1, -0.05) is 42.5 Å². The van der Waals surface area contributed by atoms with E-state index < -0.39 is 0 Å². The van der Waals surface area contributed by atoms with E-state index in [0.29, 0.717) is 5.56 Å². The fourth-order valence-corrected chi connectivity index (χ4v) is 2.87. The Bertz CT molecular complexity index is 720. The summed E-state index contributed by atoms with van der Waals surface area (Å²) in [7, 11) is 2.04. The number of nitrogens with one attached hydrogen (secondary N) is 1. The predicted molar refractivity (Wildman–Crippen MR) is 98.3 cm³/mol. The maximum Gasteiger partial charge on any atom is 0.251 e. The molecular weight excluding hydrogens is 314 g/mol. The van der Waals surface area contributed by atoms with Crippen molar-refractivity contribution in [1.82, 2.24) is 15.1 Å². The number of amides is 2. The molecule has 5 heteroatoms. The van der Waals surface area contributed by atoms with Crippen LogP contribution in [-0.2, 0) is 4.79 Å². The van der Waals surface area contributed by atoms with Crippen LogP contribution in [0.25, 0.3) is 11.1 Å². The topological polar surface area (TPSA) is 52.6 Å². The summed E-state index contributed by atoms with van der Waals surface area (Å²) in [6.45, 7) is 3.23. The molecule has 5 nitrogen and oxygen atoms in total. The molecular formula is C20H23N3O2. The van der Waals surface area contributed by atoms with Crippen LogP contribution in [0.1, 0.15) is 10.4 Å². The zero-order valence-corrected chi connectivity index (χ0v) is 14.4. The van der Waals surface area contributed by atoms with Gasteiger partial charge in [-0.3, -0.25) is 9.59 Å². The number of benzene rings is 2. The lowest BCUT2D eigenvalue weighted by Gasteiger charge is -2.32. The third-order valence-electron chi connectivity index (χ3n) is 4.51. The molecule has 0 unspecified atom stereocenters. The highest BCUT2D eigenvalue weighted by atomic mass is 16.2. The number of rotatable bonds is 4. The number of nitrogens with zero attached hydrogens (tertiary/aromatic N) is 2. The van der Waals surface area contributed by atoms with E-state index in [9.17, 15) is 9.59 Å². The maximum atomic E-state index is 12.2. The first-order valence-corrected chi connectivity index (χ1v) is 8.53. The van der Waals surface area contributed by atoms with Crippen LogP contribution in [-0.4, -0.2) is 61.4 Å². The van der Waals surface area contributed by atoms with E-state index in [0.717, 1.165) is 37.3 Å². The lowest BCUT2D eigenvalue weighted by molar-refractivity contribution is -0.131. The molecule has 2 aromatic rings. The van der Waals surface area contributed by atoms with E-state index in [-0.39, 0.29) is 18.4 Å². The molecule has 0 bridgehead atoms. The molecule has 1 N–H and O–H groups in total. The van der Waals surface area contributed by atoms with Crippen molar-refractivity contribution in [3.05, 3.63) is 60.2 Å². The molecule has 0 spiro atoms. The number of carbonyl (C=O) groups is 2. The van der Waals surface area contributed by atoms with Crippen LogP contribution >= 0.6 is 0 Å². The summed E-state index contributed by atoms with van der Waals surface area (Å²) >= 11 is 0. The molecule has 25 heavy (non-hydrogen) atoms. The summed E-state index contributed by atoms with van der Waals surface area (Å²) in [6.07, 6.45) is 0. The fourth-order valence-electron chi connectivity index (χ4n) is 2.87. The van der Waals surface area contributed by atoms with Gasteiger partial charge >= 0.3 is 0 Å². The fraction of sp³-hybridized carbons (Fsp3) is 0.300. The Morgan fingerprint density at radius 1 is 0.880 bits per heavy atom. The lowest BCUT2D eigenvalue weighted by Crippen LogP contribution is -2.50. The number of piperazine rings is 1. The summed E-state index contributed by atoms with van der Waals surface area (Å²) in [4.78, 5) is 28.4. The molecule has 1 saturated heterocycles. The second-order valence-corrected chi connectivity index (χ2v) is 6.31. The normalized spacial score (nSPS) is 15.0. The Balaban J connectivity index is 1.54. The van der Waals surface area contributed by atoms with Crippen LogP contribution in [0.15, 0.2) is 54.6 Å². The van der Waals surface area contributed by atoms with Gasteiger partial charge in [-0.15, -0.1) is 0 Å². The summed E-state index contributed by atoms with van der Waals surface area (Å²) in [5.74, 6) is -0.246. The van der Waals surface area contributed by atoms with Crippen molar-refractivity contribution < 1.29 is 9.59 Å². The first kappa shape index (κ1) is 17.2. The highest BCUT2D eigenvalue weighted by molar-refractivity contribution is 5.96. The van der Waals surface area contributed by atoms with Gasteiger partial charge in [0.1, 0.15) is 0 Å². The number of hydrogen-bond donors (Lipinski definition) is 1. The van der Waals surface area contributed by atoms with E-state index in [1.165, 1.54) is 0 Å². The third-order valence-corrected chi connectivity index (χ3v) is 4.51. The van der Waals surface area contributed by atoms with Crippen molar-refractivity contribution in [2.75, 3.05) is 39.8 Å². The maximum absolute atomic E-state index is 12.2. The van der Waals surface area contributed by atoms with Crippen LogP contribution in [0.3, 0.4) is 0 Å². The second kappa shape index (κ2) is 7.94. The number of carbonyl (C=O) groups excluding carboxylic acids is 2. The first-order valence-electron chi connectivity index (χ1n) is 8.53. The molecule has 0 aliphatic carbocycles. The predicted octanol–water partition coefficient (Wildman–Crippen LogP) is 1.86.